The van der Waals surface area contributed by atoms with Gasteiger partial charge in [-0.25, -0.2) is 0 Å². The van der Waals surface area contributed by atoms with Crippen molar-refractivity contribution in [3.05, 3.63) is 34.9 Å². The van der Waals surface area contributed by atoms with Crippen LogP contribution in [-0.4, -0.2) is 24.5 Å². The highest BCUT2D eigenvalue weighted by Crippen LogP contribution is 2.29. The summed E-state index contributed by atoms with van der Waals surface area (Å²) in [6, 6.07) is 8.30. The Bertz CT molecular complexity index is 327. The molecule has 1 aliphatic heterocycles. The first-order valence-electron chi connectivity index (χ1n) is 5.51. The summed E-state index contributed by atoms with van der Waals surface area (Å²) in [5.41, 5.74) is 7.02. The number of benzene rings is 1. The first kappa shape index (κ1) is 17.0. The van der Waals surface area contributed by atoms with Gasteiger partial charge in [0.05, 0.1) is 0 Å². The van der Waals surface area contributed by atoms with Crippen molar-refractivity contribution in [1.82, 2.24) is 4.90 Å². The number of halogens is 3. The summed E-state index contributed by atoms with van der Waals surface area (Å²) in [6.07, 6.45) is 2.56. The molecule has 98 valence electrons. The molecule has 0 aromatic heterocycles. The SMILES string of the molecule is Cl.Cl.NCC(c1ccccc1Cl)N1CCCC1. The lowest BCUT2D eigenvalue weighted by Gasteiger charge is -2.27. The van der Waals surface area contributed by atoms with Crippen LogP contribution in [0.4, 0.5) is 0 Å². The number of hydrogen-bond acceptors (Lipinski definition) is 2. The van der Waals surface area contributed by atoms with Crippen molar-refractivity contribution < 1.29 is 0 Å². The molecule has 0 aliphatic carbocycles. The van der Waals surface area contributed by atoms with Crippen LogP contribution < -0.4 is 5.73 Å². The second-order valence-electron chi connectivity index (χ2n) is 4.02. The van der Waals surface area contributed by atoms with Crippen LogP contribution in [0.3, 0.4) is 0 Å². The van der Waals surface area contributed by atoms with Crippen LogP contribution in [0.25, 0.3) is 0 Å². The minimum absolute atomic E-state index is 0. The third-order valence-corrected chi connectivity index (χ3v) is 3.41. The predicted octanol–water partition coefficient (Wildman–Crippen LogP) is 3.28. The summed E-state index contributed by atoms with van der Waals surface area (Å²) in [6.45, 7) is 2.93. The zero-order chi connectivity index (χ0) is 10.7. The van der Waals surface area contributed by atoms with E-state index in [9.17, 15) is 0 Å². The summed E-state index contributed by atoms with van der Waals surface area (Å²) in [5, 5.41) is 0.833. The van der Waals surface area contributed by atoms with E-state index in [0.717, 1.165) is 18.1 Å². The molecule has 5 heteroatoms. The fourth-order valence-electron chi connectivity index (χ4n) is 2.27. The molecule has 1 heterocycles. The van der Waals surface area contributed by atoms with E-state index in [1.165, 1.54) is 18.4 Å². The van der Waals surface area contributed by atoms with Gasteiger partial charge in [0.15, 0.2) is 0 Å². The molecule has 0 saturated carbocycles. The fourth-order valence-corrected chi connectivity index (χ4v) is 2.53. The van der Waals surface area contributed by atoms with Crippen molar-refractivity contribution >= 4 is 36.4 Å². The molecule has 1 fully saturated rings. The molecule has 2 N–H and O–H groups in total. The smallest absolute Gasteiger partial charge is 0.0485 e. The third kappa shape index (κ3) is 4.01. The maximum Gasteiger partial charge on any atom is 0.0485 e. The third-order valence-electron chi connectivity index (χ3n) is 3.07. The molecule has 17 heavy (non-hydrogen) atoms. The molecular formula is C12H19Cl3N2. The highest BCUT2D eigenvalue weighted by Gasteiger charge is 2.23. The maximum atomic E-state index is 6.19. The van der Waals surface area contributed by atoms with Gasteiger partial charge in [-0.3, -0.25) is 4.90 Å². The van der Waals surface area contributed by atoms with E-state index in [2.05, 4.69) is 11.0 Å². The Morgan fingerprint density at radius 1 is 1.18 bits per heavy atom. The van der Waals surface area contributed by atoms with E-state index in [0.29, 0.717) is 12.6 Å². The molecule has 0 amide bonds. The zero-order valence-corrected chi connectivity index (χ0v) is 12.0. The number of nitrogens with zero attached hydrogens (tertiary/aromatic N) is 1. The number of nitrogens with two attached hydrogens (primary N) is 1. The van der Waals surface area contributed by atoms with Gasteiger partial charge < -0.3 is 5.73 Å². The fraction of sp³-hybridized carbons (Fsp3) is 0.500. The molecule has 1 aromatic carbocycles. The van der Waals surface area contributed by atoms with Crippen LogP contribution in [0.1, 0.15) is 24.4 Å². The van der Waals surface area contributed by atoms with Crippen LogP contribution in [0, 0.1) is 0 Å². The van der Waals surface area contributed by atoms with Crippen LogP contribution in [0.15, 0.2) is 24.3 Å². The van der Waals surface area contributed by atoms with Crippen molar-refractivity contribution in [3.63, 3.8) is 0 Å². The molecule has 1 atom stereocenters. The van der Waals surface area contributed by atoms with E-state index in [1.54, 1.807) is 0 Å². The Morgan fingerprint density at radius 3 is 2.29 bits per heavy atom. The second-order valence-corrected chi connectivity index (χ2v) is 4.42. The van der Waals surface area contributed by atoms with Gasteiger partial charge in [0.1, 0.15) is 0 Å². The average molecular weight is 298 g/mol. The Labute approximate surface area is 120 Å². The lowest BCUT2D eigenvalue weighted by atomic mass is 10.1. The van der Waals surface area contributed by atoms with Gasteiger partial charge in [0.2, 0.25) is 0 Å². The standard InChI is InChI=1S/C12H17ClN2.2ClH/c13-11-6-2-1-5-10(11)12(9-14)15-7-3-4-8-15;;/h1-2,5-6,12H,3-4,7-9,14H2;2*1H. The summed E-state index contributed by atoms with van der Waals surface area (Å²) in [5.74, 6) is 0. The summed E-state index contributed by atoms with van der Waals surface area (Å²) in [7, 11) is 0. The molecular weight excluding hydrogens is 279 g/mol. The molecule has 1 aromatic rings. The Morgan fingerprint density at radius 2 is 1.76 bits per heavy atom. The highest BCUT2D eigenvalue weighted by atomic mass is 35.5. The van der Waals surface area contributed by atoms with Crippen molar-refractivity contribution in [1.29, 1.82) is 0 Å². The minimum atomic E-state index is 0. The largest absolute Gasteiger partial charge is 0.329 e. The Kier molecular flexibility index (Phi) is 8.18. The number of likely N-dealkylation sites (tertiary alicyclic amines) is 1. The molecule has 1 unspecified atom stereocenters. The lowest BCUT2D eigenvalue weighted by Crippen LogP contribution is -2.31. The van der Waals surface area contributed by atoms with E-state index in [4.69, 9.17) is 17.3 Å². The molecule has 1 saturated heterocycles. The summed E-state index contributed by atoms with van der Waals surface area (Å²) in [4.78, 5) is 2.43. The van der Waals surface area contributed by atoms with Gasteiger partial charge in [-0.2, -0.15) is 0 Å². The summed E-state index contributed by atoms with van der Waals surface area (Å²) < 4.78 is 0. The van der Waals surface area contributed by atoms with Crippen LogP contribution in [-0.2, 0) is 0 Å². The van der Waals surface area contributed by atoms with E-state index in [-0.39, 0.29) is 24.8 Å². The van der Waals surface area contributed by atoms with Crippen LogP contribution >= 0.6 is 36.4 Å². The number of hydrogen-bond donors (Lipinski definition) is 1. The molecule has 2 nitrogen and oxygen atoms in total. The van der Waals surface area contributed by atoms with E-state index < -0.39 is 0 Å². The maximum absolute atomic E-state index is 6.19. The lowest BCUT2D eigenvalue weighted by molar-refractivity contribution is 0.251. The quantitative estimate of drug-likeness (QED) is 0.928. The topological polar surface area (TPSA) is 29.3 Å². The predicted molar refractivity (Wildman–Crippen MR) is 78.6 cm³/mol. The van der Waals surface area contributed by atoms with Gasteiger partial charge in [-0.15, -0.1) is 24.8 Å². The van der Waals surface area contributed by atoms with Crippen LogP contribution in [0.5, 0.6) is 0 Å². The molecule has 0 spiro atoms. The molecule has 1 aliphatic rings. The van der Waals surface area contributed by atoms with E-state index >= 15 is 0 Å². The van der Waals surface area contributed by atoms with Crippen molar-refractivity contribution in [2.24, 2.45) is 5.73 Å². The average Bonchev–Trinajstić information content (AvgIpc) is 2.75. The zero-order valence-electron chi connectivity index (χ0n) is 9.64. The highest BCUT2D eigenvalue weighted by molar-refractivity contribution is 6.31. The van der Waals surface area contributed by atoms with Gasteiger partial charge in [-0.05, 0) is 37.6 Å². The Balaban J connectivity index is 0.00000128. The van der Waals surface area contributed by atoms with Crippen LogP contribution in [0.2, 0.25) is 5.02 Å². The Hall–Kier alpha value is 0.01000. The molecule has 0 radical (unpaired) electrons. The number of rotatable bonds is 3. The molecule has 2 rings (SSSR count). The monoisotopic (exact) mass is 296 g/mol. The normalized spacial score (nSPS) is 17.1. The van der Waals surface area contributed by atoms with E-state index in [1.807, 2.05) is 18.2 Å². The molecule has 0 bridgehead atoms. The van der Waals surface area contributed by atoms with Gasteiger partial charge in [0, 0.05) is 17.6 Å². The second kappa shape index (κ2) is 8.17. The van der Waals surface area contributed by atoms with Crippen molar-refractivity contribution in [2.45, 2.75) is 18.9 Å². The van der Waals surface area contributed by atoms with Crippen molar-refractivity contribution in [2.75, 3.05) is 19.6 Å². The first-order valence-corrected chi connectivity index (χ1v) is 5.89. The minimum Gasteiger partial charge on any atom is -0.329 e. The van der Waals surface area contributed by atoms with Gasteiger partial charge in [-0.1, -0.05) is 29.8 Å². The van der Waals surface area contributed by atoms with Gasteiger partial charge >= 0.3 is 0 Å². The van der Waals surface area contributed by atoms with Crippen molar-refractivity contribution in [3.8, 4) is 0 Å². The first-order chi connectivity index (χ1) is 7.33. The summed E-state index contributed by atoms with van der Waals surface area (Å²) >= 11 is 6.19. The van der Waals surface area contributed by atoms with Gasteiger partial charge in [0.25, 0.3) is 0 Å².